The van der Waals surface area contributed by atoms with Gasteiger partial charge in [0.25, 0.3) is 0 Å². The maximum atomic E-state index is 12.0. The van der Waals surface area contributed by atoms with Crippen molar-refractivity contribution in [1.29, 1.82) is 5.41 Å². The Bertz CT molecular complexity index is 608. The lowest BCUT2D eigenvalue weighted by molar-refractivity contribution is -0.122. The van der Waals surface area contributed by atoms with Crippen LogP contribution in [0.5, 0.6) is 0 Å². The zero-order valence-electron chi connectivity index (χ0n) is 12.5. The van der Waals surface area contributed by atoms with Gasteiger partial charge in [0, 0.05) is 12.8 Å². The highest BCUT2D eigenvalue weighted by Gasteiger charge is 2.12. The summed E-state index contributed by atoms with van der Waals surface area (Å²) in [4.78, 5) is 12.0. The molecule has 0 spiro atoms. The van der Waals surface area contributed by atoms with Crippen molar-refractivity contribution in [3.8, 4) is 0 Å². The summed E-state index contributed by atoms with van der Waals surface area (Å²) in [5.74, 6) is -0.132. The number of rotatable bonds is 7. The molecule has 0 radical (unpaired) electrons. The highest BCUT2D eigenvalue weighted by molar-refractivity contribution is 5.81. The molecule has 2 aromatic rings. The van der Waals surface area contributed by atoms with Crippen LogP contribution in [0.3, 0.4) is 0 Å². The van der Waals surface area contributed by atoms with Crippen molar-refractivity contribution in [2.24, 2.45) is 5.73 Å². The van der Waals surface area contributed by atoms with E-state index in [2.05, 4.69) is 5.32 Å². The summed E-state index contributed by atoms with van der Waals surface area (Å²) in [6.45, 7) is 0.455. The molecule has 114 valence electrons. The fourth-order valence-corrected chi connectivity index (χ4v) is 2.15. The van der Waals surface area contributed by atoms with E-state index in [1.165, 1.54) is 11.8 Å². The normalized spacial score (nSPS) is 11.7. The smallest absolute Gasteiger partial charge is 0.237 e. The van der Waals surface area contributed by atoms with E-state index in [-0.39, 0.29) is 5.91 Å². The number of benzene rings is 2. The molecule has 0 saturated carbocycles. The first-order chi connectivity index (χ1) is 10.7. The van der Waals surface area contributed by atoms with E-state index in [0.717, 1.165) is 17.5 Å². The number of carbonyl (C=O) groups is 1. The number of nitrogens with two attached hydrogens (primary N) is 1. The second-order valence-electron chi connectivity index (χ2n) is 5.23. The molecule has 4 nitrogen and oxygen atoms in total. The van der Waals surface area contributed by atoms with Crippen LogP contribution >= 0.6 is 0 Å². The molecule has 0 heterocycles. The van der Waals surface area contributed by atoms with Gasteiger partial charge >= 0.3 is 0 Å². The van der Waals surface area contributed by atoms with Crippen molar-refractivity contribution >= 4 is 12.1 Å². The minimum atomic E-state index is -0.499. The average molecular weight is 295 g/mol. The second-order valence-corrected chi connectivity index (χ2v) is 5.23. The second kappa shape index (κ2) is 8.10. The van der Waals surface area contributed by atoms with Crippen LogP contribution in [0, 0.1) is 5.41 Å². The quantitative estimate of drug-likeness (QED) is 0.685. The molecule has 0 saturated heterocycles. The summed E-state index contributed by atoms with van der Waals surface area (Å²) in [5, 5.41) is 10.00. The summed E-state index contributed by atoms with van der Waals surface area (Å²) in [5.41, 5.74) is 8.96. The van der Waals surface area contributed by atoms with Crippen LogP contribution in [0.4, 0.5) is 0 Å². The predicted octanol–water partition coefficient (Wildman–Crippen LogP) is 2.26. The van der Waals surface area contributed by atoms with Crippen molar-refractivity contribution in [1.82, 2.24) is 5.32 Å². The molecular weight excluding hydrogens is 274 g/mol. The number of hydrogen-bond acceptors (Lipinski definition) is 3. The molecule has 0 aliphatic carbocycles. The molecule has 1 amide bonds. The summed E-state index contributed by atoms with van der Waals surface area (Å²) in [6.07, 6.45) is 2.72. The van der Waals surface area contributed by atoms with Gasteiger partial charge in [0.1, 0.15) is 0 Å². The molecule has 1 atom stereocenters. The number of nitrogens with one attached hydrogen (secondary N) is 2. The van der Waals surface area contributed by atoms with Crippen LogP contribution in [0.25, 0.3) is 0 Å². The third-order valence-electron chi connectivity index (χ3n) is 3.54. The highest BCUT2D eigenvalue weighted by Crippen LogP contribution is 2.05. The lowest BCUT2D eigenvalue weighted by Gasteiger charge is -2.12. The van der Waals surface area contributed by atoms with Crippen LogP contribution in [0.2, 0.25) is 0 Å². The van der Waals surface area contributed by atoms with Crippen LogP contribution in [-0.2, 0) is 17.8 Å². The van der Waals surface area contributed by atoms with E-state index in [1.807, 2.05) is 54.6 Å². The largest absolute Gasteiger partial charge is 0.351 e. The molecule has 0 bridgehead atoms. The molecule has 0 fully saturated rings. The average Bonchev–Trinajstić information content (AvgIpc) is 2.58. The van der Waals surface area contributed by atoms with Gasteiger partial charge in [0.15, 0.2) is 0 Å². The van der Waals surface area contributed by atoms with Gasteiger partial charge in [0.05, 0.1) is 6.04 Å². The van der Waals surface area contributed by atoms with Crippen molar-refractivity contribution in [2.45, 2.75) is 25.4 Å². The Balaban J connectivity index is 1.77. The summed E-state index contributed by atoms with van der Waals surface area (Å²) >= 11 is 0. The van der Waals surface area contributed by atoms with Gasteiger partial charge in [-0.05, 0) is 29.5 Å². The molecule has 2 rings (SSSR count). The summed E-state index contributed by atoms with van der Waals surface area (Å²) < 4.78 is 0. The Kier molecular flexibility index (Phi) is 5.86. The molecule has 0 aliphatic rings. The minimum Gasteiger partial charge on any atom is -0.351 e. The maximum Gasteiger partial charge on any atom is 0.237 e. The fraction of sp³-hybridized carbons (Fsp3) is 0.222. The van der Waals surface area contributed by atoms with Gasteiger partial charge in [-0.15, -0.1) is 0 Å². The zero-order chi connectivity index (χ0) is 15.8. The standard InChI is InChI=1S/C18H21N3O/c19-12-15-6-8-16(9-7-15)13-21-18(22)17(20)11-10-14-4-2-1-3-5-14/h1-9,12,17,19H,10-11,13,20H2,(H,21,22)/t17-/m0/s1. The molecule has 0 unspecified atom stereocenters. The Hall–Kier alpha value is -2.46. The first-order valence-corrected chi connectivity index (χ1v) is 7.35. The van der Waals surface area contributed by atoms with Crippen LogP contribution in [-0.4, -0.2) is 18.2 Å². The molecular formula is C18H21N3O. The van der Waals surface area contributed by atoms with E-state index in [4.69, 9.17) is 11.1 Å². The fourth-order valence-electron chi connectivity index (χ4n) is 2.15. The van der Waals surface area contributed by atoms with Gasteiger partial charge < -0.3 is 16.5 Å². The van der Waals surface area contributed by atoms with E-state index in [9.17, 15) is 4.79 Å². The topological polar surface area (TPSA) is 79.0 Å². The van der Waals surface area contributed by atoms with E-state index >= 15 is 0 Å². The maximum absolute atomic E-state index is 12.0. The number of hydrogen-bond donors (Lipinski definition) is 3. The Morgan fingerprint density at radius 2 is 1.77 bits per heavy atom. The minimum absolute atomic E-state index is 0.132. The van der Waals surface area contributed by atoms with Gasteiger partial charge in [0.2, 0.25) is 5.91 Å². The van der Waals surface area contributed by atoms with Gasteiger partial charge in [-0.25, -0.2) is 0 Å². The van der Waals surface area contributed by atoms with Crippen LogP contribution in [0.1, 0.15) is 23.1 Å². The van der Waals surface area contributed by atoms with Crippen molar-refractivity contribution in [3.05, 3.63) is 71.3 Å². The zero-order valence-corrected chi connectivity index (χ0v) is 12.5. The first kappa shape index (κ1) is 15.9. The Morgan fingerprint density at radius 1 is 1.09 bits per heavy atom. The summed E-state index contributed by atoms with van der Waals surface area (Å²) in [7, 11) is 0. The van der Waals surface area contributed by atoms with E-state index in [0.29, 0.717) is 13.0 Å². The molecule has 4 heteroatoms. The van der Waals surface area contributed by atoms with Crippen LogP contribution < -0.4 is 11.1 Å². The predicted molar refractivity (Wildman–Crippen MR) is 88.9 cm³/mol. The molecule has 0 aliphatic heterocycles. The first-order valence-electron chi connectivity index (χ1n) is 7.35. The third kappa shape index (κ3) is 4.82. The Morgan fingerprint density at radius 3 is 2.41 bits per heavy atom. The van der Waals surface area contributed by atoms with E-state index < -0.39 is 6.04 Å². The molecule has 22 heavy (non-hydrogen) atoms. The molecule has 0 aromatic heterocycles. The SMILES string of the molecule is N=Cc1ccc(CNC(=O)[C@@H](N)CCc2ccccc2)cc1. The number of carbonyl (C=O) groups excluding carboxylic acids is 1. The number of aryl methyl sites for hydroxylation is 1. The molecule has 2 aromatic carbocycles. The number of amides is 1. The lowest BCUT2D eigenvalue weighted by Crippen LogP contribution is -2.40. The summed E-state index contributed by atoms with van der Waals surface area (Å²) in [6, 6.07) is 17.0. The van der Waals surface area contributed by atoms with Crippen molar-refractivity contribution in [3.63, 3.8) is 0 Å². The molecule has 4 N–H and O–H groups in total. The third-order valence-corrected chi connectivity index (χ3v) is 3.54. The van der Waals surface area contributed by atoms with Crippen molar-refractivity contribution < 1.29 is 4.79 Å². The van der Waals surface area contributed by atoms with Gasteiger partial charge in [-0.1, -0.05) is 54.6 Å². The lowest BCUT2D eigenvalue weighted by atomic mass is 10.1. The highest BCUT2D eigenvalue weighted by atomic mass is 16.2. The van der Waals surface area contributed by atoms with Crippen molar-refractivity contribution in [2.75, 3.05) is 0 Å². The van der Waals surface area contributed by atoms with E-state index in [1.54, 1.807) is 0 Å². The monoisotopic (exact) mass is 295 g/mol. The van der Waals surface area contributed by atoms with Gasteiger partial charge in [-0.2, -0.15) is 0 Å². The van der Waals surface area contributed by atoms with Crippen LogP contribution in [0.15, 0.2) is 54.6 Å². The van der Waals surface area contributed by atoms with Gasteiger partial charge in [-0.3, -0.25) is 4.79 Å². The Labute approximate surface area is 130 Å².